The molecule has 0 radical (unpaired) electrons. The quantitative estimate of drug-likeness (QED) is 0.756. The van der Waals surface area contributed by atoms with Gasteiger partial charge in [-0.05, 0) is 55.6 Å². The summed E-state index contributed by atoms with van der Waals surface area (Å²) < 4.78 is 23.7. The Morgan fingerprint density at radius 1 is 1.12 bits per heavy atom. The van der Waals surface area contributed by atoms with Crippen molar-refractivity contribution in [3.8, 4) is 0 Å². The van der Waals surface area contributed by atoms with Gasteiger partial charge in [-0.2, -0.15) is 0 Å². The second-order valence-electron chi connectivity index (χ2n) is 6.17. The second-order valence-corrected chi connectivity index (χ2v) is 8.18. The number of aliphatic hydroxyl groups is 1. The highest BCUT2D eigenvalue weighted by atomic mass is 32.2. The van der Waals surface area contributed by atoms with Crippen molar-refractivity contribution in [3.63, 3.8) is 0 Å². The molecule has 0 heterocycles. The van der Waals surface area contributed by atoms with Gasteiger partial charge in [-0.3, -0.25) is 0 Å². The van der Waals surface area contributed by atoms with Crippen molar-refractivity contribution in [2.24, 2.45) is 0 Å². The molecule has 0 spiro atoms. The number of nitrogens with one attached hydrogen (secondary N) is 1. The molecule has 5 heteroatoms. The van der Waals surface area contributed by atoms with Crippen molar-refractivity contribution in [2.45, 2.75) is 31.2 Å². The normalized spacial score (nSPS) is 13.0. The Hall–Kier alpha value is -1.69. The summed E-state index contributed by atoms with van der Waals surface area (Å²) in [7, 11) is -3.25. The maximum absolute atomic E-state index is 11.9. The maximum atomic E-state index is 11.9. The molecule has 0 aliphatic heterocycles. The Bertz CT molecular complexity index is 800. The number of aryl methyl sites for hydroxylation is 2. The zero-order valence-electron chi connectivity index (χ0n) is 14.4. The molecule has 2 rings (SSSR count). The highest BCUT2D eigenvalue weighted by Crippen LogP contribution is 2.27. The summed E-state index contributed by atoms with van der Waals surface area (Å²) in [5.74, 6) is 0. The second kappa shape index (κ2) is 7.92. The standard InChI is InChI=1S/C19H25NO3S/c1-14-8-9-15(2)18(12-14)19(20-10-5-11-21)16-6-4-7-17(13-16)24(3,22)23/h4,6-9,12-13,19-21H,5,10-11H2,1-3H3. The van der Waals surface area contributed by atoms with Gasteiger partial charge in [0.15, 0.2) is 9.84 Å². The SMILES string of the molecule is Cc1ccc(C)c(C(NCCCO)c2cccc(S(C)(=O)=O)c2)c1. The lowest BCUT2D eigenvalue weighted by atomic mass is 9.93. The Morgan fingerprint density at radius 3 is 2.54 bits per heavy atom. The highest BCUT2D eigenvalue weighted by molar-refractivity contribution is 7.90. The summed E-state index contributed by atoms with van der Waals surface area (Å²) in [5, 5.41) is 12.5. The first kappa shape index (κ1) is 18.6. The number of sulfone groups is 1. The zero-order valence-corrected chi connectivity index (χ0v) is 15.2. The summed E-state index contributed by atoms with van der Waals surface area (Å²) in [6, 6.07) is 13.2. The number of aliphatic hydroxyl groups excluding tert-OH is 1. The van der Waals surface area contributed by atoms with Crippen molar-refractivity contribution in [2.75, 3.05) is 19.4 Å². The van der Waals surface area contributed by atoms with E-state index in [9.17, 15) is 8.42 Å². The van der Waals surface area contributed by atoms with Crippen LogP contribution in [0.25, 0.3) is 0 Å². The van der Waals surface area contributed by atoms with Crippen LogP contribution < -0.4 is 5.32 Å². The molecule has 0 fully saturated rings. The Balaban J connectivity index is 2.48. The number of hydrogen-bond donors (Lipinski definition) is 2. The summed E-state index contributed by atoms with van der Waals surface area (Å²) in [5.41, 5.74) is 4.33. The van der Waals surface area contributed by atoms with Crippen LogP contribution in [0.4, 0.5) is 0 Å². The molecular formula is C19H25NO3S. The fraction of sp³-hybridized carbons (Fsp3) is 0.368. The van der Waals surface area contributed by atoms with E-state index in [-0.39, 0.29) is 12.6 Å². The lowest BCUT2D eigenvalue weighted by Gasteiger charge is -2.22. The van der Waals surface area contributed by atoms with E-state index in [1.165, 1.54) is 6.26 Å². The molecule has 0 aromatic heterocycles. The van der Waals surface area contributed by atoms with Crippen molar-refractivity contribution >= 4 is 9.84 Å². The van der Waals surface area contributed by atoms with Crippen LogP contribution in [0.1, 0.15) is 34.7 Å². The predicted molar refractivity (Wildman–Crippen MR) is 97.0 cm³/mol. The van der Waals surface area contributed by atoms with E-state index < -0.39 is 9.84 Å². The van der Waals surface area contributed by atoms with Crippen molar-refractivity contribution in [1.29, 1.82) is 0 Å². The lowest BCUT2D eigenvalue weighted by Crippen LogP contribution is -2.25. The molecule has 130 valence electrons. The van der Waals surface area contributed by atoms with E-state index >= 15 is 0 Å². The molecule has 1 unspecified atom stereocenters. The van der Waals surface area contributed by atoms with Gasteiger partial charge in [0.1, 0.15) is 0 Å². The van der Waals surface area contributed by atoms with Crippen LogP contribution in [0.15, 0.2) is 47.4 Å². The molecule has 2 N–H and O–H groups in total. The Kier molecular flexibility index (Phi) is 6.15. The van der Waals surface area contributed by atoms with Gasteiger partial charge in [-0.1, -0.05) is 35.9 Å². The molecule has 1 atom stereocenters. The van der Waals surface area contributed by atoms with Gasteiger partial charge in [0, 0.05) is 12.9 Å². The number of benzene rings is 2. The van der Waals surface area contributed by atoms with Crippen molar-refractivity contribution in [3.05, 3.63) is 64.7 Å². The van der Waals surface area contributed by atoms with Crippen LogP contribution in [-0.2, 0) is 9.84 Å². The summed E-state index contributed by atoms with van der Waals surface area (Å²) in [6.07, 6.45) is 1.87. The van der Waals surface area contributed by atoms with Crippen molar-refractivity contribution in [1.82, 2.24) is 5.32 Å². The molecule has 24 heavy (non-hydrogen) atoms. The van der Waals surface area contributed by atoms with E-state index in [4.69, 9.17) is 5.11 Å². The number of rotatable bonds is 7. The Labute approximate surface area is 144 Å². The van der Waals surface area contributed by atoms with Gasteiger partial charge < -0.3 is 10.4 Å². The third kappa shape index (κ3) is 4.66. The molecule has 0 amide bonds. The van der Waals surface area contributed by atoms with Crippen molar-refractivity contribution < 1.29 is 13.5 Å². The van der Waals surface area contributed by atoms with Gasteiger partial charge in [-0.25, -0.2) is 8.42 Å². The molecule has 0 aliphatic rings. The van der Waals surface area contributed by atoms with E-state index in [0.717, 1.165) is 22.3 Å². The maximum Gasteiger partial charge on any atom is 0.175 e. The molecular weight excluding hydrogens is 322 g/mol. The topological polar surface area (TPSA) is 66.4 Å². The third-order valence-electron chi connectivity index (χ3n) is 4.05. The van der Waals surface area contributed by atoms with E-state index in [1.807, 2.05) is 13.0 Å². The summed E-state index contributed by atoms with van der Waals surface area (Å²) in [6.45, 7) is 4.87. The summed E-state index contributed by atoms with van der Waals surface area (Å²) in [4.78, 5) is 0.319. The zero-order chi connectivity index (χ0) is 17.7. The smallest absolute Gasteiger partial charge is 0.175 e. The van der Waals surface area contributed by atoms with Crippen LogP contribution >= 0.6 is 0 Å². The molecule has 0 saturated heterocycles. The molecule has 4 nitrogen and oxygen atoms in total. The van der Waals surface area contributed by atoms with Crippen LogP contribution in [0.3, 0.4) is 0 Å². The molecule has 0 bridgehead atoms. The highest BCUT2D eigenvalue weighted by Gasteiger charge is 2.18. The minimum atomic E-state index is -3.25. The van der Waals surface area contributed by atoms with Crippen LogP contribution in [0, 0.1) is 13.8 Å². The lowest BCUT2D eigenvalue weighted by molar-refractivity contribution is 0.284. The first-order chi connectivity index (χ1) is 11.3. The summed E-state index contributed by atoms with van der Waals surface area (Å²) >= 11 is 0. The van der Waals surface area contributed by atoms with E-state index in [0.29, 0.717) is 17.9 Å². The molecule has 0 saturated carbocycles. The van der Waals surface area contributed by atoms with Crippen LogP contribution in [0.2, 0.25) is 0 Å². The largest absolute Gasteiger partial charge is 0.396 e. The van der Waals surface area contributed by atoms with Gasteiger partial charge in [-0.15, -0.1) is 0 Å². The van der Waals surface area contributed by atoms with Crippen LogP contribution in [-0.4, -0.2) is 32.9 Å². The van der Waals surface area contributed by atoms with E-state index in [2.05, 4.69) is 30.4 Å². The van der Waals surface area contributed by atoms with Gasteiger partial charge in [0.2, 0.25) is 0 Å². The predicted octanol–water partition coefficient (Wildman–Crippen LogP) is 2.77. The average molecular weight is 347 g/mol. The van der Waals surface area contributed by atoms with E-state index in [1.54, 1.807) is 18.2 Å². The Morgan fingerprint density at radius 2 is 1.88 bits per heavy atom. The minimum absolute atomic E-state index is 0.113. The van der Waals surface area contributed by atoms with Gasteiger partial charge in [0.05, 0.1) is 10.9 Å². The first-order valence-electron chi connectivity index (χ1n) is 8.04. The van der Waals surface area contributed by atoms with Gasteiger partial charge >= 0.3 is 0 Å². The number of hydrogen-bond acceptors (Lipinski definition) is 4. The monoisotopic (exact) mass is 347 g/mol. The fourth-order valence-electron chi connectivity index (χ4n) is 2.73. The molecule has 0 aliphatic carbocycles. The first-order valence-corrected chi connectivity index (χ1v) is 9.93. The van der Waals surface area contributed by atoms with Crippen LogP contribution in [0.5, 0.6) is 0 Å². The van der Waals surface area contributed by atoms with Gasteiger partial charge in [0.25, 0.3) is 0 Å². The fourth-order valence-corrected chi connectivity index (χ4v) is 3.40. The molecule has 2 aromatic carbocycles. The molecule has 2 aromatic rings. The average Bonchev–Trinajstić information content (AvgIpc) is 2.54. The minimum Gasteiger partial charge on any atom is -0.396 e. The third-order valence-corrected chi connectivity index (χ3v) is 5.16.